The lowest BCUT2D eigenvalue weighted by atomic mass is 10.3. The molecule has 0 amide bonds. The van der Waals surface area contributed by atoms with Crippen LogP contribution in [0.15, 0.2) is 18.3 Å². The van der Waals surface area contributed by atoms with Crippen LogP contribution >= 0.6 is 0 Å². The van der Waals surface area contributed by atoms with Crippen molar-refractivity contribution < 1.29 is 4.74 Å². The van der Waals surface area contributed by atoms with Crippen LogP contribution in [-0.2, 0) is 0 Å². The molecule has 0 aromatic carbocycles. The number of aromatic nitrogens is 1. The Labute approximate surface area is 67.6 Å². The van der Waals surface area contributed by atoms with Crippen molar-refractivity contribution in [3.63, 3.8) is 0 Å². The summed E-state index contributed by atoms with van der Waals surface area (Å²) in [6.07, 6.45) is 5.51. The van der Waals surface area contributed by atoms with Crippen LogP contribution in [0.1, 0.15) is 26.2 Å². The van der Waals surface area contributed by atoms with Crippen LogP contribution in [0.5, 0.6) is 5.88 Å². The fraction of sp³-hybridized carbons (Fsp3) is 0.556. The highest BCUT2D eigenvalue weighted by Gasteiger charge is 1.90. The molecule has 0 aliphatic rings. The highest BCUT2D eigenvalue weighted by molar-refractivity contribution is 5.09. The van der Waals surface area contributed by atoms with E-state index in [0.29, 0.717) is 0 Å². The molecule has 1 rings (SSSR count). The van der Waals surface area contributed by atoms with Crippen LogP contribution < -0.4 is 4.74 Å². The van der Waals surface area contributed by atoms with Gasteiger partial charge in [0.25, 0.3) is 0 Å². The lowest BCUT2D eigenvalue weighted by Gasteiger charge is -2.01. The smallest absolute Gasteiger partial charge is 0.190 e. The fourth-order valence-corrected chi connectivity index (χ4v) is 0.938. The maximum atomic E-state index is 5.39. The lowest BCUT2D eigenvalue weighted by molar-refractivity contribution is 0.296. The summed E-state index contributed by atoms with van der Waals surface area (Å²) >= 11 is 0. The molecule has 0 aliphatic carbocycles. The quantitative estimate of drug-likeness (QED) is 0.646. The highest BCUT2D eigenvalue weighted by Crippen LogP contribution is 2.05. The van der Waals surface area contributed by atoms with Gasteiger partial charge in [-0.1, -0.05) is 19.8 Å². The zero-order valence-electron chi connectivity index (χ0n) is 6.97. The van der Waals surface area contributed by atoms with Gasteiger partial charge in [0.15, 0.2) is 5.88 Å². The van der Waals surface area contributed by atoms with Crippen molar-refractivity contribution in [3.8, 4) is 5.88 Å². The zero-order valence-corrected chi connectivity index (χ0v) is 6.97. The SMILES string of the molecule is CCCCCOc1ccc[nH]1. The second-order valence-electron chi connectivity index (χ2n) is 2.59. The van der Waals surface area contributed by atoms with Crippen LogP contribution in [0, 0.1) is 0 Å². The van der Waals surface area contributed by atoms with E-state index in [1.165, 1.54) is 12.8 Å². The minimum atomic E-state index is 0.828. The number of unbranched alkanes of at least 4 members (excludes halogenated alkanes) is 2. The molecular formula is C9H15NO. The number of nitrogens with one attached hydrogen (secondary N) is 1. The van der Waals surface area contributed by atoms with Gasteiger partial charge in [-0.05, 0) is 18.6 Å². The monoisotopic (exact) mass is 153 g/mol. The van der Waals surface area contributed by atoms with Crippen LogP contribution in [-0.4, -0.2) is 11.6 Å². The van der Waals surface area contributed by atoms with E-state index >= 15 is 0 Å². The maximum Gasteiger partial charge on any atom is 0.190 e. The summed E-state index contributed by atoms with van der Waals surface area (Å²) in [5.41, 5.74) is 0. The van der Waals surface area contributed by atoms with E-state index in [9.17, 15) is 0 Å². The molecule has 2 nitrogen and oxygen atoms in total. The third-order valence-corrected chi connectivity index (χ3v) is 1.57. The molecule has 2 heteroatoms. The van der Waals surface area contributed by atoms with Crippen molar-refractivity contribution in [1.29, 1.82) is 0 Å². The normalized spacial score (nSPS) is 9.91. The van der Waals surface area contributed by atoms with Gasteiger partial charge in [0, 0.05) is 6.20 Å². The predicted molar refractivity (Wildman–Crippen MR) is 45.8 cm³/mol. The third-order valence-electron chi connectivity index (χ3n) is 1.57. The summed E-state index contributed by atoms with van der Waals surface area (Å²) in [5.74, 6) is 0.876. The molecule has 11 heavy (non-hydrogen) atoms. The maximum absolute atomic E-state index is 5.39. The van der Waals surface area contributed by atoms with Crippen molar-refractivity contribution in [1.82, 2.24) is 4.98 Å². The summed E-state index contributed by atoms with van der Waals surface area (Å²) < 4.78 is 5.39. The van der Waals surface area contributed by atoms with Gasteiger partial charge in [-0.3, -0.25) is 0 Å². The Morgan fingerprint density at radius 3 is 3.00 bits per heavy atom. The minimum absolute atomic E-state index is 0.828. The first kappa shape index (κ1) is 8.18. The Kier molecular flexibility index (Phi) is 3.59. The second kappa shape index (κ2) is 4.83. The van der Waals surface area contributed by atoms with Crippen molar-refractivity contribution in [2.45, 2.75) is 26.2 Å². The first-order chi connectivity index (χ1) is 5.43. The Morgan fingerprint density at radius 1 is 1.45 bits per heavy atom. The largest absolute Gasteiger partial charge is 0.479 e. The second-order valence-corrected chi connectivity index (χ2v) is 2.59. The van der Waals surface area contributed by atoms with Gasteiger partial charge in [-0.2, -0.15) is 0 Å². The molecule has 0 unspecified atom stereocenters. The molecule has 1 aromatic rings. The van der Waals surface area contributed by atoms with Gasteiger partial charge in [0.2, 0.25) is 0 Å². The third kappa shape index (κ3) is 3.12. The van der Waals surface area contributed by atoms with Crippen LogP contribution in [0.3, 0.4) is 0 Å². The molecule has 0 aliphatic heterocycles. The van der Waals surface area contributed by atoms with Gasteiger partial charge < -0.3 is 9.72 Å². The molecule has 0 radical (unpaired) electrons. The molecule has 1 heterocycles. The minimum Gasteiger partial charge on any atom is -0.479 e. The standard InChI is InChI=1S/C9H15NO/c1-2-3-4-8-11-9-6-5-7-10-9/h5-7,10H,2-4,8H2,1H3. The number of hydrogen-bond donors (Lipinski definition) is 1. The van der Waals surface area contributed by atoms with Gasteiger partial charge in [0.1, 0.15) is 0 Å². The van der Waals surface area contributed by atoms with Gasteiger partial charge in [0.05, 0.1) is 6.61 Å². The van der Waals surface area contributed by atoms with E-state index in [-0.39, 0.29) is 0 Å². The average Bonchev–Trinajstić information content (AvgIpc) is 2.50. The topological polar surface area (TPSA) is 25.0 Å². The van der Waals surface area contributed by atoms with Crippen molar-refractivity contribution in [2.75, 3.05) is 6.61 Å². The van der Waals surface area contributed by atoms with E-state index in [0.717, 1.165) is 18.9 Å². The molecule has 62 valence electrons. The fourth-order valence-electron chi connectivity index (χ4n) is 0.938. The summed E-state index contributed by atoms with van der Waals surface area (Å²) in [4.78, 5) is 2.99. The summed E-state index contributed by atoms with van der Waals surface area (Å²) in [6.45, 7) is 3.02. The van der Waals surface area contributed by atoms with Gasteiger partial charge in [-0.25, -0.2) is 0 Å². The van der Waals surface area contributed by atoms with E-state index in [2.05, 4.69) is 11.9 Å². The van der Waals surface area contributed by atoms with E-state index in [4.69, 9.17) is 4.74 Å². The highest BCUT2D eigenvalue weighted by atomic mass is 16.5. The molecule has 0 spiro atoms. The Balaban J connectivity index is 2.04. The molecule has 0 fully saturated rings. The molecule has 1 N–H and O–H groups in total. The van der Waals surface area contributed by atoms with Crippen molar-refractivity contribution in [3.05, 3.63) is 18.3 Å². The van der Waals surface area contributed by atoms with Crippen molar-refractivity contribution in [2.24, 2.45) is 0 Å². The zero-order chi connectivity index (χ0) is 7.94. The Morgan fingerprint density at radius 2 is 2.36 bits per heavy atom. The molecular weight excluding hydrogens is 138 g/mol. The number of rotatable bonds is 5. The van der Waals surface area contributed by atoms with Crippen LogP contribution in [0.4, 0.5) is 0 Å². The molecule has 0 saturated heterocycles. The number of aromatic amines is 1. The Hall–Kier alpha value is -0.920. The number of H-pyrrole nitrogens is 1. The average molecular weight is 153 g/mol. The van der Waals surface area contributed by atoms with Crippen LogP contribution in [0.2, 0.25) is 0 Å². The van der Waals surface area contributed by atoms with E-state index in [1.807, 2.05) is 18.3 Å². The molecule has 0 atom stereocenters. The predicted octanol–water partition coefficient (Wildman–Crippen LogP) is 2.58. The first-order valence-electron chi connectivity index (χ1n) is 4.19. The molecule has 0 bridgehead atoms. The number of ether oxygens (including phenoxy) is 1. The summed E-state index contributed by atoms with van der Waals surface area (Å²) in [7, 11) is 0. The van der Waals surface area contributed by atoms with Gasteiger partial charge >= 0.3 is 0 Å². The number of hydrogen-bond acceptors (Lipinski definition) is 1. The van der Waals surface area contributed by atoms with Gasteiger partial charge in [-0.15, -0.1) is 0 Å². The van der Waals surface area contributed by atoms with Crippen molar-refractivity contribution >= 4 is 0 Å². The van der Waals surface area contributed by atoms with E-state index in [1.54, 1.807) is 0 Å². The molecule has 0 saturated carbocycles. The lowest BCUT2D eigenvalue weighted by Crippen LogP contribution is -1.96. The van der Waals surface area contributed by atoms with E-state index < -0.39 is 0 Å². The Bertz CT molecular complexity index is 170. The first-order valence-corrected chi connectivity index (χ1v) is 4.19. The molecule has 1 aromatic heterocycles. The van der Waals surface area contributed by atoms with Crippen LogP contribution in [0.25, 0.3) is 0 Å². The summed E-state index contributed by atoms with van der Waals surface area (Å²) in [5, 5.41) is 0. The summed E-state index contributed by atoms with van der Waals surface area (Å²) in [6, 6.07) is 3.88.